The van der Waals surface area contributed by atoms with Gasteiger partial charge in [-0.1, -0.05) is 24.3 Å². The minimum absolute atomic E-state index is 0.114. The zero-order valence-corrected chi connectivity index (χ0v) is 30.9. The van der Waals surface area contributed by atoms with Gasteiger partial charge in [0, 0.05) is 118 Å². The van der Waals surface area contributed by atoms with E-state index in [9.17, 15) is 0 Å². The number of hydrogen-bond donors (Lipinski definition) is 0. The van der Waals surface area contributed by atoms with E-state index in [-0.39, 0.29) is 23.7 Å². The average Bonchev–Trinajstić information content (AvgIpc) is 3.28. The molecule has 0 N–H and O–H groups in total. The zero-order valence-electron chi connectivity index (χ0n) is 30.9. The summed E-state index contributed by atoms with van der Waals surface area (Å²) in [5.41, 5.74) is 12.2. The Kier molecular flexibility index (Phi) is 10.2. The summed E-state index contributed by atoms with van der Waals surface area (Å²) in [5.74, 6) is 0.456. The van der Waals surface area contributed by atoms with E-state index >= 15 is 0 Å². The second-order valence-electron chi connectivity index (χ2n) is 14.5. The molecule has 1 aliphatic carbocycles. The predicted molar refractivity (Wildman–Crippen MR) is 219 cm³/mol. The molecule has 9 rings (SSSR count). The first-order valence-corrected chi connectivity index (χ1v) is 19.2. The predicted octanol–water partition coefficient (Wildman–Crippen LogP) is 10.5. The van der Waals surface area contributed by atoms with Crippen LogP contribution < -0.4 is 0 Å². The van der Waals surface area contributed by atoms with Crippen LogP contribution in [0.4, 0.5) is 0 Å². The van der Waals surface area contributed by atoms with Crippen LogP contribution in [0.2, 0.25) is 0 Å². The maximum Gasteiger partial charge on any atom is 0.0703 e. The summed E-state index contributed by atoms with van der Waals surface area (Å²) in [6, 6.07) is 41.3. The summed E-state index contributed by atoms with van der Waals surface area (Å²) in [6.07, 6.45) is 18.5. The van der Waals surface area contributed by atoms with Crippen LogP contribution in [-0.4, -0.2) is 39.9 Å². The number of rotatable bonds is 8. The van der Waals surface area contributed by atoms with Crippen LogP contribution in [0.25, 0.3) is 45.0 Å². The first-order chi connectivity index (χ1) is 27.7. The molecule has 8 aromatic rings. The standard InChI is InChI=1S/C48H40N8/c1-5-17-49-41(9-1)33-13-21-53-45(29-33)37-25-38(46-30-34(14-22-54-46)42-10-2-6-18-50-42)27-40(48-32-36(16-24-56-48)44-12-4-8-20-52-44)28-39(26-37)47-31-35(15-23-55-47)43-11-3-7-19-51-43/h1-24,29-32,37-40H,25-28H2. The number of nitrogens with zero attached hydrogens (tertiary/aromatic N) is 8. The van der Waals surface area contributed by atoms with Crippen molar-refractivity contribution in [3.8, 4) is 45.0 Å². The second-order valence-corrected chi connectivity index (χ2v) is 14.5. The third kappa shape index (κ3) is 7.86. The molecule has 0 spiro atoms. The third-order valence-corrected chi connectivity index (χ3v) is 10.9. The lowest BCUT2D eigenvalue weighted by atomic mass is 9.71. The van der Waals surface area contributed by atoms with Crippen molar-refractivity contribution in [3.05, 3.63) is 194 Å². The fourth-order valence-corrected chi connectivity index (χ4v) is 8.18. The quantitative estimate of drug-likeness (QED) is 0.152. The van der Waals surface area contributed by atoms with E-state index < -0.39 is 0 Å². The Bertz CT molecular complexity index is 2150. The van der Waals surface area contributed by atoms with Crippen molar-refractivity contribution in [3.63, 3.8) is 0 Å². The molecule has 56 heavy (non-hydrogen) atoms. The lowest BCUT2D eigenvalue weighted by molar-refractivity contribution is 0.339. The van der Waals surface area contributed by atoms with Gasteiger partial charge >= 0.3 is 0 Å². The van der Waals surface area contributed by atoms with E-state index in [0.29, 0.717) is 0 Å². The van der Waals surface area contributed by atoms with Crippen LogP contribution >= 0.6 is 0 Å². The van der Waals surface area contributed by atoms with E-state index in [0.717, 1.165) is 93.5 Å². The van der Waals surface area contributed by atoms with Crippen molar-refractivity contribution >= 4 is 0 Å². The van der Waals surface area contributed by atoms with E-state index in [2.05, 4.69) is 92.7 Å². The summed E-state index contributed by atoms with van der Waals surface area (Å²) in [5, 5.41) is 0. The average molecular weight is 729 g/mol. The maximum absolute atomic E-state index is 5.06. The Hall–Kier alpha value is -6.80. The molecule has 8 aromatic heterocycles. The molecule has 1 saturated carbocycles. The molecular weight excluding hydrogens is 689 g/mol. The van der Waals surface area contributed by atoms with Gasteiger partial charge in [0.1, 0.15) is 0 Å². The van der Waals surface area contributed by atoms with E-state index in [1.165, 1.54) is 0 Å². The number of pyridine rings is 8. The van der Waals surface area contributed by atoms with Crippen LogP contribution in [0, 0.1) is 0 Å². The topological polar surface area (TPSA) is 103 Å². The van der Waals surface area contributed by atoms with Crippen molar-refractivity contribution in [2.24, 2.45) is 0 Å². The van der Waals surface area contributed by atoms with Crippen molar-refractivity contribution < 1.29 is 0 Å². The summed E-state index contributed by atoms with van der Waals surface area (Å²) < 4.78 is 0. The van der Waals surface area contributed by atoms with Gasteiger partial charge in [0.2, 0.25) is 0 Å². The van der Waals surface area contributed by atoms with E-state index in [1.54, 1.807) is 0 Å². The molecule has 0 bridgehead atoms. The van der Waals surface area contributed by atoms with Crippen molar-refractivity contribution in [2.75, 3.05) is 0 Å². The molecule has 1 aliphatic rings. The molecule has 0 unspecified atom stereocenters. The highest BCUT2D eigenvalue weighted by atomic mass is 14.8. The zero-order chi connectivity index (χ0) is 37.5. The van der Waals surface area contributed by atoms with Gasteiger partial charge in [0.05, 0.1) is 22.8 Å². The van der Waals surface area contributed by atoms with Gasteiger partial charge in [-0.3, -0.25) is 39.9 Å². The largest absolute Gasteiger partial charge is 0.261 e. The molecular formula is C48H40N8. The first-order valence-electron chi connectivity index (χ1n) is 19.2. The highest BCUT2D eigenvalue weighted by Gasteiger charge is 2.34. The van der Waals surface area contributed by atoms with Crippen LogP contribution in [0.1, 0.15) is 72.1 Å². The molecule has 1 fully saturated rings. The van der Waals surface area contributed by atoms with Crippen molar-refractivity contribution in [1.29, 1.82) is 0 Å². The van der Waals surface area contributed by atoms with Crippen molar-refractivity contribution in [1.82, 2.24) is 39.9 Å². The van der Waals surface area contributed by atoms with Gasteiger partial charge in [-0.05, 0) is 123 Å². The SMILES string of the molecule is c1ccc(-c2ccnc(C3CC(c4cc(-c5ccccn5)ccn4)CC(c4cc(-c5ccccn5)ccn4)CC(c4cc(-c5ccccn5)ccn4)C3)c2)nc1. The van der Waals surface area contributed by atoms with Gasteiger partial charge in [-0.15, -0.1) is 0 Å². The summed E-state index contributed by atoms with van der Waals surface area (Å²) in [7, 11) is 0. The highest BCUT2D eigenvalue weighted by Crippen LogP contribution is 2.48. The highest BCUT2D eigenvalue weighted by molar-refractivity contribution is 5.62. The summed E-state index contributed by atoms with van der Waals surface area (Å²) >= 11 is 0. The van der Waals surface area contributed by atoms with Gasteiger partial charge < -0.3 is 0 Å². The molecule has 0 aromatic carbocycles. The molecule has 0 amide bonds. The molecule has 272 valence electrons. The lowest BCUT2D eigenvalue weighted by Crippen LogP contribution is -2.21. The van der Waals surface area contributed by atoms with Gasteiger partial charge in [-0.2, -0.15) is 0 Å². The van der Waals surface area contributed by atoms with E-state index in [1.807, 2.05) is 98.1 Å². The Balaban J connectivity index is 1.16. The third-order valence-electron chi connectivity index (χ3n) is 10.9. The van der Waals surface area contributed by atoms with E-state index in [4.69, 9.17) is 19.9 Å². The summed E-state index contributed by atoms with van der Waals surface area (Å²) in [6.45, 7) is 0. The fourth-order valence-electron chi connectivity index (χ4n) is 8.18. The maximum atomic E-state index is 5.06. The molecule has 0 saturated heterocycles. The fraction of sp³-hybridized carbons (Fsp3) is 0.167. The minimum atomic E-state index is 0.114. The summed E-state index contributed by atoms with van der Waals surface area (Å²) in [4.78, 5) is 38.9. The molecule has 8 nitrogen and oxygen atoms in total. The first kappa shape index (κ1) is 34.9. The Morgan fingerprint density at radius 1 is 0.268 bits per heavy atom. The molecule has 8 heteroatoms. The van der Waals surface area contributed by atoms with Gasteiger partial charge in [-0.25, -0.2) is 0 Å². The van der Waals surface area contributed by atoms with Gasteiger partial charge in [0.25, 0.3) is 0 Å². The Morgan fingerprint density at radius 2 is 0.518 bits per heavy atom. The normalized spacial score (nSPS) is 18.4. The molecule has 0 atom stereocenters. The monoisotopic (exact) mass is 728 g/mol. The molecule has 8 heterocycles. The van der Waals surface area contributed by atoms with Crippen molar-refractivity contribution in [2.45, 2.75) is 49.4 Å². The number of aromatic nitrogens is 8. The van der Waals surface area contributed by atoms with Crippen LogP contribution in [0.5, 0.6) is 0 Å². The Labute approximate surface area is 327 Å². The smallest absolute Gasteiger partial charge is 0.0703 e. The second kappa shape index (κ2) is 16.3. The lowest BCUT2D eigenvalue weighted by Gasteiger charge is -2.34. The van der Waals surface area contributed by atoms with Crippen LogP contribution in [-0.2, 0) is 0 Å². The van der Waals surface area contributed by atoms with Crippen LogP contribution in [0.15, 0.2) is 171 Å². The van der Waals surface area contributed by atoms with Crippen LogP contribution in [0.3, 0.4) is 0 Å². The minimum Gasteiger partial charge on any atom is -0.261 e. The molecule has 0 radical (unpaired) electrons. The number of hydrogen-bond acceptors (Lipinski definition) is 8. The Morgan fingerprint density at radius 3 is 0.732 bits per heavy atom. The van der Waals surface area contributed by atoms with Gasteiger partial charge in [0.15, 0.2) is 0 Å². The molecule has 0 aliphatic heterocycles.